The van der Waals surface area contributed by atoms with E-state index in [0.717, 1.165) is 5.56 Å². The van der Waals surface area contributed by atoms with Crippen LogP contribution >= 0.6 is 0 Å². The first kappa shape index (κ1) is 23.3. The van der Waals surface area contributed by atoms with Gasteiger partial charge in [0.2, 0.25) is 5.91 Å². The molecule has 0 spiro atoms. The SMILES string of the molecule is CC[C@@H](C(=O)NCC(C)C)N(Cc1cccc(OC)c1)C(=O)COc1ccccc1. The fraction of sp³-hybridized carbons (Fsp3) is 0.417. The van der Waals surface area contributed by atoms with Crippen LogP contribution in [0.5, 0.6) is 11.5 Å². The van der Waals surface area contributed by atoms with E-state index >= 15 is 0 Å². The number of carbonyl (C=O) groups excluding carboxylic acids is 2. The molecule has 0 aliphatic heterocycles. The average molecular weight is 413 g/mol. The maximum absolute atomic E-state index is 13.1. The van der Waals surface area contributed by atoms with Crippen molar-refractivity contribution in [1.82, 2.24) is 10.2 Å². The highest BCUT2D eigenvalue weighted by Crippen LogP contribution is 2.18. The molecule has 30 heavy (non-hydrogen) atoms. The van der Waals surface area contributed by atoms with Gasteiger partial charge in [-0.1, -0.05) is 51.1 Å². The van der Waals surface area contributed by atoms with Crippen molar-refractivity contribution in [3.8, 4) is 11.5 Å². The van der Waals surface area contributed by atoms with E-state index in [9.17, 15) is 9.59 Å². The molecule has 0 unspecified atom stereocenters. The highest BCUT2D eigenvalue weighted by atomic mass is 16.5. The zero-order chi connectivity index (χ0) is 21.9. The van der Waals surface area contributed by atoms with Crippen LogP contribution in [0.25, 0.3) is 0 Å². The second-order valence-corrected chi connectivity index (χ2v) is 7.54. The molecular formula is C24H32N2O4. The molecule has 0 saturated carbocycles. The van der Waals surface area contributed by atoms with E-state index in [1.807, 2.05) is 63.2 Å². The third-order valence-electron chi connectivity index (χ3n) is 4.66. The van der Waals surface area contributed by atoms with Crippen LogP contribution in [0.1, 0.15) is 32.8 Å². The van der Waals surface area contributed by atoms with Crippen molar-refractivity contribution in [2.24, 2.45) is 5.92 Å². The summed E-state index contributed by atoms with van der Waals surface area (Å²) in [5, 5.41) is 2.95. The molecule has 0 aliphatic carbocycles. The Balaban J connectivity index is 2.20. The zero-order valence-corrected chi connectivity index (χ0v) is 18.3. The van der Waals surface area contributed by atoms with Crippen LogP contribution in [0, 0.1) is 5.92 Å². The standard InChI is InChI=1S/C24H32N2O4/c1-5-22(24(28)25-15-18(2)3)26(16-19-10-9-13-21(14-19)29-4)23(27)17-30-20-11-7-6-8-12-20/h6-14,18,22H,5,15-17H2,1-4H3,(H,25,28)/t22-/m0/s1. The van der Waals surface area contributed by atoms with Crippen molar-refractivity contribution in [3.63, 3.8) is 0 Å². The lowest BCUT2D eigenvalue weighted by atomic mass is 10.1. The number of hydrogen-bond acceptors (Lipinski definition) is 4. The number of amides is 2. The van der Waals surface area contributed by atoms with Gasteiger partial charge in [0.25, 0.3) is 5.91 Å². The Morgan fingerprint density at radius 3 is 2.37 bits per heavy atom. The van der Waals surface area contributed by atoms with Gasteiger partial charge in [0.1, 0.15) is 17.5 Å². The van der Waals surface area contributed by atoms with Gasteiger partial charge in [-0.3, -0.25) is 9.59 Å². The third kappa shape index (κ3) is 7.10. The van der Waals surface area contributed by atoms with Gasteiger partial charge in [-0.2, -0.15) is 0 Å². The van der Waals surface area contributed by atoms with E-state index < -0.39 is 6.04 Å². The first-order valence-electron chi connectivity index (χ1n) is 10.3. The number of rotatable bonds is 11. The van der Waals surface area contributed by atoms with Crippen molar-refractivity contribution in [3.05, 3.63) is 60.2 Å². The summed E-state index contributed by atoms with van der Waals surface area (Å²) in [6, 6.07) is 16.1. The van der Waals surface area contributed by atoms with E-state index in [1.165, 1.54) is 0 Å². The Kier molecular flexibility index (Phi) is 9.19. The largest absolute Gasteiger partial charge is 0.497 e. The molecule has 162 valence electrons. The van der Waals surface area contributed by atoms with E-state index in [2.05, 4.69) is 5.32 Å². The van der Waals surface area contributed by atoms with Crippen LogP contribution in [0.2, 0.25) is 0 Å². The minimum atomic E-state index is -0.582. The molecule has 0 bridgehead atoms. The summed E-state index contributed by atoms with van der Waals surface area (Å²) in [5.41, 5.74) is 0.887. The Morgan fingerprint density at radius 2 is 1.73 bits per heavy atom. The number of hydrogen-bond donors (Lipinski definition) is 1. The number of benzene rings is 2. The van der Waals surface area contributed by atoms with E-state index in [-0.39, 0.29) is 18.4 Å². The summed E-state index contributed by atoms with van der Waals surface area (Å²) >= 11 is 0. The number of ether oxygens (including phenoxy) is 2. The van der Waals surface area contributed by atoms with Gasteiger partial charge >= 0.3 is 0 Å². The summed E-state index contributed by atoms with van der Waals surface area (Å²) in [4.78, 5) is 27.5. The smallest absolute Gasteiger partial charge is 0.261 e. The van der Waals surface area contributed by atoms with E-state index in [0.29, 0.717) is 36.9 Å². The van der Waals surface area contributed by atoms with Crippen LogP contribution in [0.4, 0.5) is 0 Å². The normalized spacial score (nSPS) is 11.6. The summed E-state index contributed by atoms with van der Waals surface area (Å²) in [5.74, 6) is 1.26. The number of carbonyl (C=O) groups is 2. The highest BCUT2D eigenvalue weighted by molar-refractivity contribution is 5.88. The Morgan fingerprint density at radius 1 is 1.03 bits per heavy atom. The van der Waals surface area contributed by atoms with Crippen LogP contribution in [0.3, 0.4) is 0 Å². The summed E-state index contributed by atoms with van der Waals surface area (Å²) in [7, 11) is 1.60. The lowest BCUT2D eigenvalue weighted by Gasteiger charge is -2.31. The predicted octanol–water partition coefficient (Wildman–Crippen LogP) is 3.65. The molecule has 1 N–H and O–H groups in total. The third-order valence-corrected chi connectivity index (χ3v) is 4.66. The zero-order valence-electron chi connectivity index (χ0n) is 18.3. The summed E-state index contributed by atoms with van der Waals surface area (Å²) < 4.78 is 11.0. The number of methoxy groups -OCH3 is 1. The molecule has 0 heterocycles. The molecule has 1 atom stereocenters. The first-order chi connectivity index (χ1) is 14.4. The van der Waals surface area contributed by atoms with Crippen molar-refractivity contribution in [2.75, 3.05) is 20.3 Å². The average Bonchev–Trinajstić information content (AvgIpc) is 2.76. The van der Waals surface area contributed by atoms with Crippen LogP contribution in [-0.4, -0.2) is 43.0 Å². The van der Waals surface area contributed by atoms with Crippen LogP contribution < -0.4 is 14.8 Å². The second kappa shape index (κ2) is 11.9. The van der Waals surface area contributed by atoms with Gasteiger partial charge in [0, 0.05) is 13.1 Å². The van der Waals surface area contributed by atoms with Gasteiger partial charge in [0.05, 0.1) is 7.11 Å². The number of nitrogens with zero attached hydrogens (tertiary/aromatic N) is 1. The molecule has 0 aromatic heterocycles. The molecular weight excluding hydrogens is 380 g/mol. The molecule has 6 heteroatoms. The summed E-state index contributed by atoms with van der Waals surface area (Å²) in [6.45, 7) is 6.70. The summed E-state index contributed by atoms with van der Waals surface area (Å²) in [6.07, 6.45) is 0.505. The maximum atomic E-state index is 13.1. The van der Waals surface area contributed by atoms with Crippen LogP contribution in [-0.2, 0) is 16.1 Å². The quantitative estimate of drug-likeness (QED) is 0.612. The predicted molar refractivity (Wildman–Crippen MR) is 117 cm³/mol. The molecule has 0 fully saturated rings. The Bertz CT molecular complexity index is 808. The van der Waals surface area contributed by atoms with Gasteiger partial charge in [-0.25, -0.2) is 0 Å². The Hall–Kier alpha value is -3.02. The molecule has 6 nitrogen and oxygen atoms in total. The fourth-order valence-electron chi connectivity index (χ4n) is 3.05. The highest BCUT2D eigenvalue weighted by Gasteiger charge is 2.29. The molecule has 2 aromatic carbocycles. The van der Waals surface area contributed by atoms with Crippen molar-refractivity contribution in [1.29, 1.82) is 0 Å². The molecule has 0 radical (unpaired) electrons. The Labute approximate surface area is 179 Å². The van der Waals surface area contributed by atoms with Crippen molar-refractivity contribution >= 4 is 11.8 Å². The molecule has 2 rings (SSSR count). The lowest BCUT2D eigenvalue weighted by molar-refractivity contribution is -0.143. The number of para-hydroxylation sites is 1. The fourth-order valence-corrected chi connectivity index (χ4v) is 3.05. The number of nitrogens with one attached hydrogen (secondary N) is 1. The second-order valence-electron chi connectivity index (χ2n) is 7.54. The molecule has 2 amide bonds. The maximum Gasteiger partial charge on any atom is 0.261 e. The van der Waals surface area contributed by atoms with Gasteiger partial charge in [-0.15, -0.1) is 0 Å². The molecule has 0 saturated heterocycles. The topological polar surface area (TPSA) is 67.9 Å². The van der Waals surface area contributed by atoms with Crippen molar-refractivity contribution in [2.45, 2.75) is 39.8 Å². The molecule has 2 aromatic rings. The lowest BCUT2D eigenvalue weighted by Crippen LogP contribution is -2.50. The minimum Gasteiger partial charge on any atom is -0.497 e. The van der Waals surface area contributed by atoms with Crippen LogP contribution in [0.15, 0.2) is 54.6 Å². The van der Waals surface area contributed by atoms with Crippen molar-refractivity contribution < 1.29 is 19.1 Å². The van der Waals surface area contributed by atoms with Gasteiger partial charge < -0.3 is 19.7 Å². The van der Waals surface area contributed by atoms with E-state index in [4.69, 9.17) is 9.47 Å². The minimum absolute atomic E-state index is 0.137. The van der Waals surface area contributed by atoms with E-state index in [1.54, 1.807) is 24.1 Å². The first-order valence-corrected chi connectivity index (χ1v) is 10.3. The molecule has 0 aliphatic rings. The van der Waals surface area contributed by atoms with Gasteiger partial charge in [0.15, 0.2) is 6.61 Å². The van der Waals surface area contributed by atoms with Gasteiger partial charge in [-0.05, 0) is 42.2 Å². The monoisotopic (exact) mass is 412 g/mol.